The van der Waals surface area contributed by atoms with Gasteiger partial charge in [-0.3, -0.25) is 9.48 Å². The van der Waals surface area contributed by atoms with Crippen molar-refractivity contribution in [2.75, 3.05) is 13.1 Å². The van der Waals surface area contributed by atoms with E-state index in [2.05, 4.69) is 15.7 Å². The van der Waals surface area contributed by atoms with E-state index in [0.717, 1.165) is 19.4 Å². The summed E-state index contributed by atoms with van der Waals surface area (Å²) in [6.45, 7) is 1.51. The second-order valence-corrected chi connectivity index (χ2v) is 4.77. The lowest BCUT2D eigenvalue weighted by atomic mass is 9.98. The van der Waals surface area contributed by atoms with E-state index < -0.39 is 12.0 Å². The second-order valence-electron chi connectivity index (χ2n) is 4.77. The average molecular weight is 266 g/mol. The van der Waals surface area contributed by atoms with Crippen LogP contribution in [-0.4, -0.2) is 39.9 Å². The van der Waals surface area contributed by atoms with Crippen LogP contribution in [0.15, 0.2) is 12.4 Å². The molecule has 0 spiro atoms. The first kappa shape index (κ1) is 13.5. The zero-order chi connectivity index (χ0) is 13.8. The van der Waals surface area contributed by atoms with Gasteiger partial charge in [0.15, 0.2) is 6.04 Å². The molecule has 1 aromatic rings. The monoisotopic (exact) mass is 266 g/mol. The van der Waals surface area contributed by atoms with Crippen LogP contribution in [0, 0.1) is 5.92 Å². The first-order valence-corrected chi connectivity index (χ1v) is 6.30. The third kappa shape index (κ3) is 3.31. The molecular weight excluding hydrogens is 248 g/mol. The van der Waals surface area contributed by atoms with Crippen LogP contribution in [0.5, 0.6) is 0 Å². The van der Waals surface area contributed by atoms with Gasteiger partial charge in [-0.15, -0.1) is 0 Å². The van der Waals surface area contributed by atoms with Crippen molar-refractivity contribution in [1.82, 2.24) is 20.4 Å². The minimum atomic E-state index is -1.08. The predicted molar refractivity (Wildman–Crippen MR) is 67.3 cm³/mol. The lowest BCUT2D eigenvalue weighted by Gasteiger charge is -2.23. The summed E-state index contributed by atoms with van der Waals surface area (Å²) in [5.74, 6) is -1.46. The third-order valence-electron chi connectivity index (χ3n) is 3.26. The quantitative estimate of drug-likeness (QED) is 0.693. The fraction of sp³-hybridized carbons (Fsp3) is 0.583. The van der Waals surface area contributed by atoms with Crippen molar-refractivity contribution in [2.45, 2.75) is 18.9 Å². The van der Waals surface area contributed by atoms with Crippen LogP contribution in [0.1, 0.15) is 24.4 Å². The maximum Gasteiger partial charge on any atom is 0.331 e. The summed E-state index contributed by atoms with van der Waals surface area (Å²) in [6, 6.07) is -1.04. The molecule has 2 atom stereocenters. The molecule has 2 rings (SSSR count). The first-order chi connectivity index (χ1) is 9.08. The number of rotatable bonds is 4. The van der Waals surface area contributed by atoms with E-state index in [-0.39, 0.29) is 11.8 Å². The number of carboxylic acid groups (broad SMARTS) is 1. The summed E-state index contributed by atoms with van der Waals surface area (Å²) in [6.07, 6.45) is 4.78. The van der Waals surface area contributed by atoms with Crippen molar-refractivity contribution < 1.29 is 14.7 Å². The number of carboxylic acids is 1. The van der Waals surface area contributed by atoms with E-state index in [4.69, 9.17) is 0 Å². The van der Waals surface area contributed by atoms with Gasteiger partial charge in [0.25, 0.3) is 0 Å². The zero-order valence-electron chi connectivity index (χ0n) is 10.8. The van der Waals surface area contributed by atoms with Crippen LogP contribution >= 0.6 is 0 Å². The average Bonchev–Trinajstić information content (AvgIpc) is 2.82. The maximum absolute atomic E-state index is 12.1. The number of amides is 1. The van der Waals surface area contributed by atoms with E-state index in [1.807, 2.05) is 0 Å². The lowest BCUT2D eigenvalue weighted by Crippen LogP contribution is -2.43. The number of piperidine rings is 1. The minimum absolute atomic E-state index is 0.160. The van der Waals surface area contributed by atoms with Gasteiger partial charge >= 0.3 is 5.97 Å². The summed E-state index contributed by atoms with van der Waals surface area (Å²) < 4.78 is 1.51. The Hall–Kier alpha value is -1.89. The van der Waals surface area contributed by atoms with Gasteiger partial charge in [0, 0.05) is 25.4 Å². The summed E-state index contributed by atoms with van der Waals surface area (Å²) in [5, 5.41) is 18.9. The Morgan fingerprint density at radius 1 is 1.63 bits per heavy atom. The molecule has 104 valence electrons. The molecular formula is C12H18N4O3. The van der Waals surface area contributed by atoms with Crippen LogP contribution in [0.4, 0.5) is 0 Å². The van der Waals surface area contributed by atoms with Gasteiger partial charge in [0.05, 0.1) is 12.1 Å². The number of nitrogens with zero attached hydrogens (tertiary/aromatic N) is 2. The Labute approximate surface area is 111 Å². The highest BCUT2D eigenvalue weighted by molar-refractivity contribution is 5.85. The molecule has 1 aromatic heterocycles. The topological polar surface area (TPSA) is 96.2 Å². The van der Waals surface area contributed by atoms with E-state index in [1.165, 1.54) is 10.9 Å². The first-order valence-electron chi connectivity index (χ1n) is 6.30. The van der Waals surface area contributed by atoms with E-state index >= 15 is 0 Å². The largest absolute Gasteiger partial charge is 0.479 e. The number of aliphatic carboxylic acids is 1. The standard InChI is InChI=1S/C12H18N4O3/c1-16-7-9(6-14-16)10(12(18)19)15-11(17)8-3-2-4-13-5-8/h6-8,10,13H,2-5H2,1H3,(H,15,17)(H,18,19)/t8-,10?/m1/s1. The molecule has 0 aliphatic carbocycles. The Balaban J connectivity index is 2.04. The second kappa shape index (κ2) is 5.83. The van der Waals surface area contributed by atoms with Gasteiger partial charge in [0.2, 0.25) is 5.91 Å². The number of aromatic nitrogens is 2. The summed E-state index contributed by atoms with van der Waals surface area (Å²) in [4.78, 5) is 23.3. The maximum atomic E-state index is 12.1. The van der Waals surface area contributed by atoms with E-state index in [0.29, 0.717) is 12.1 Å². The van der Waals surface area contributed by atoms with Gasteiger partial charge < -0.3 is 15.7 Å². The molecule has 0 aromatic carbocycles. The van der Waals surface area contributed by atoms with Crippen molar-refractivity contribution in [3.05, 3.63) is 18.0 Å². The molecule has 0 bridgehead atoms. The van der Waals surface area contributed by atoms with E-state index in [1.54, 1.807) is 13.2 Å². The van der Waals surface area contributed by atoms with Crippen LogP contribution < -0.4 is 10.6 Å². The fourth-order valence-corrected chi connectivity index (χ4v) is 2.21. The summed E-state index contributed by atoms with van der Waals surface area (Å²) in [7, 11) is 1.70. The molecule has 19 heavy (non-hydrogen) atoms. The molecule has 7 nitrogen and oxygen atoms in total. The fourth-order valence-electron chi connectivity index (χ4n) is 2.21. The van der Waals surface area contributed by atoms with Gasteiger partial charge in [-0.1, -0.05) is 0 Å². The van der Waals surface area contributed by atoms with Crippen LogP contribution in [0.3, 0.4) is 0 Å². The number of aryl methyl sites for hydroxylation is 1. The number of carbonyl (C=O) groups excluding carboxylic acids is 1. The van der Waals surface area contributed by atoms with Gasteiger partial charge in [0.1, 0.15) is 0 Å². The smallest absolute Gasteiger partial charge is 0.331 e. The van der Waals surface area contributed by atoms with E-state index in [9.17, 15) is 14.7 Å². The molecule has 1 aliphatic rings. The number of hydrogen-bond donors (Lipinski definition) is 3. The molecule has 1 aliphatic heterocycles. The van der Waals surface area contributed by atoms with Crippen molar-refractivity contribution in [1.29, 1.82) is 0 Å². The number of carbonyl (C=O) groups is 2. The van der Waals surface area contributed by atoms with Crippen molar-refractivity contribution in [3.8, 4) is 0 Å². The molecule has 1 saturated heterocycles. The molecule has 1 unspecified atom stereocenters. The lowest BCUT2D eigenvalue weighted by molar-refractivity contribution is -0.142. The zero-order valence-corrected chi connectivity index (χ0v) is 10.8. The summed E-state index contributed by atoms with van der Waals surface area (Å²) >= 11 is 0. The number of hydrogen-bond acceptors (Lipinski definition) is 4. The predicted octanol–water partition coefficient (Wildman–Crippen LogP) is -0.338. The highest BCUT2D eigenvalue weighted by Crippen LogP contribution is 2.15. The summed E-state index contributed by atoms with van der Waals surface area (Å²) in [5.41, 5.74) is 0.479. The van der Waals surface area contributed by atoms with Crippen LogP contribution in [0.2, 0.25) is 0 Å². The van der Waals surface area contributed by atoms with Gasteiger partial charge in [-0.05, 0) is 19.4 Å². The van der Waals surface area contributed by atoms with Crippen LogP contribution in [-0.2, 0) is 16.6 Å². The highest BCUT2D eigenvalue weighted by atomic mass is 16.4. The molecule has 1 amide bonds. The third-order valence-corrected chi connectivity index (χ3v) is 3.26. The number of nitrogens with one attached hydrogen (secondary N) is 2. The van der Waals surface area contributed by atoms with Gasteiger partial charge in [-0.2, -0.15) is 5.10 Å². The molecule has 0 saturated carbocycles. The highest BCUT2D eigenvalue weighted by Gasteiger charge is 2.28. The van der Waals surface area contributed by atoms with Crippen molar-refractivity contribution in [2.24, 2.45) is 13.0 Å². The Bertz CT molecular complexity index is 465. The Kier molecular flexibility index (Phi) is 4.16. The van der Waals surface area contributed by atoms with Crippen molar-refractivity contribution >= 4 is 11.9 Å². The Morgan fingerprint density at radius 2 is 2.42 bits per heavy atom. The molecule has 2 heterocycles. The molecule has 3 N–H and O–H groups in total. The molecule has 7 heteroatoms. The van der Waals surface area contributed by atoms with Crippen molar-refractivity contribution in [3.63, 3.8) is 0 Å². The van der Waals surface area contributed by atoms with Gasteiger partial charge in [-0.25, -0.2) is 4.79 Å². The van der Waals surface area contributed by atoms with Crippen LogP contribution in [0.25, 0.3) is 0 Å². The molecule has 0 radical (unpaired) electrons. The normalized spacial score (nSPS) is 20.8. The minimum Gasteiger partial charge on any atom is -0.479 e. The molecule has 1 fully saturated rings. The SMILES string of the molecule is Cn1cc(C(NC(=O)[C@@H]2CCCNC2)C(=O)O)cn1. The Morgan fingerprint density at radius 3 is 2.95 bits per heavy atom.